The number of benzene rings is 2. The van der Waals surface area contributed by atoms with Crippen LogP contribution in [0.2, 0.25) is 5.02 Å². The zero-order valence-corrected chi connectivity index (χ0v) is 14.6. The molecule has 1 aliphatic rings. The van der Waals surface area contributed by atoms with Crippen molar-refractivity contribution in [1.29, 1.82) is 0 Å². The highest BCUT2D eigenvalue weighted by Gasteiger charge is 2.29. The molecule has 2 heterocycles. The zero-order valence-electron chi connectivity index (χ0n) is 12.2. The summed E-state index contributed by atoms with van der Waals surface area (Å²) in [6, 6.07) is 17.3. The van der Waals surface area contributed by atoms with Crippen LogP contribution in [0.4, 0.5) is 0 Å². The number of hydrazine groups is 1. The summed E-state index contributed by atoms with van der Waals surface area (Å²) >= 11 is 12.7. The first-order chi connectivity index (χ1) is 11.7. The lowest BCUT2D eigenvalue weighted by Gasteiger charge is -2.08. The van der Waals surface area contributed by atoms with Crippen molar-refractivity contribution < 1.29 is 4.20 Å². The van der Waals surface area contributed by atoms with Gasteiger partial charge >= 0.3 is 5.82 Å². The van der Waals surface area contributed by atoms with Crippen molar-refractivity contribution in [2.24, 2.45) is 0 Å². The van der Waals surface area contributed by atoms with Gasteiger partial charge in [0.1, 0.15) is 10.1 Å². The Morgan fingerprint density at radius 1 is 1.08 bits per heavy atom. The third kappa shape index (κ3) is 2.73. The van der Waals surface area contributed by atoms with Gasteiger partial charge in [-0.1, -0.05) is 41.9 Å². The van der Waals surface area contributed by atoms with E-state index in [0.717, 1.165) is 21.9 Å². The summed E-state index contributed by atoms with van der Waals surface area (Å²) in [5.41, 5.74) is 5.94. The normalized spacial score (nSPS) is 14.0. The maximum atomic E-state index is 5.98. The zero-order chi connectivity index (χ0) is 16.5. The van der Waals surface area contributed by atoms with Crippen LogP contribution in [0, 0.1) is 0 Å². The maximum absolute atomic E-state index is 5.98. The van der Waals surface area contributed by atoms with Gasteiger partial charge in [-0.2, -0.15) is 9.03 Å². The summed E-state index contributed by atoms with van der Waals surface area (Å²) in [7, 11) is 0. The van der Waals surface area contributed by atoms with Gasteiger partial charge in [0.2, 0.25) is 0 Å². The standard InChI is InChI=1S/C15H11ClN6S2/c16-11-8-6-10(7-9-11)13-14(24-20-17-13)15-18-19-22(23)21(15)12-4-2-1-3-5-12/h1-9,17,20H. The van der Waals surface area contributed by atoms with E-state index in [1.165, 1.54) is 16.1 Å². The summed E-state index contributed by atoms with van der Waals surface area (Å²) < 4.78 is 3.08. The van der Waals surface area contributed by atoms with Gasteiger partial charge in [0.05, 0.1) is 16.5 Å². The quantitative estimate of drug-likeness (QED) is 0.416. The first-order valence-corrected chi connectivity index (χ1v) is 8.59. The number of nitrogens with one attached hydrogen (secondary N) is 2. The van der Waals surface area contributed by atoms with Gasteiger partial charge in [-0.05, 0) is 36.2 Å². The minimum absolute atomic E-state index is 0.656. The Morgan fingerprint density at radius 3 is 2.58 bits per heavy atom. The monoisotopic (exact) mass is 374 g/mol. The van der Waals surface area contributed by atoms with Gasteiger partial charge in [0.15, 0.2) is 0 Å². The molecule has 0 spiro atoms. The molecule has 24 heavy (non-hydrogen) atoms. The van der Waals surface area contributed by atoms with Crippen LogP contribution in [0.1, 0.15) is 11.4 Å². The Labute approximate surface area is 153 Å². The third-order valence-corrected chi connectivity index (χ3v) is 4.76. The van der Waals surface area contributed by atoms with Crippen LogP contribution >= 0.6 is 23.5 Å². The van der Waals surface area contributed by atoms with Gasteiger partial charge < -0.3 is 18.2 Å². The van der Waals surface area contributed by atoms with E-state index >= 15 is 0 Å². The molecule has 120 valence electrons. The molecular formula is C15H11ClN6S2. The van der Waals surface area contributed by atoms with Crippen molar-refractivity contribution in [2.45, 2.75) is 0 Å². The fourth-order valence-corrected chi connectivity index (χ4v) is 3.47. The summed E-state index contributed by atoms with van der Waals surface area (Å²) in [4.78, 5) is 3.96. The molecule has 6 nitrogen and oxygen atoms in total. The lowest BCUT2D eigenvalue weighted by molar-refractivity contribution is -0.645. The van der Waals surface area contributed by atoms with E-state index < -0.39 is 0 Å². The third-order valence-electron chi connectivity index (χ3n) is 3.48. The van der Waals surface area contributed by atoms with Crippen LogP contribution < -0.4 is 14.5 Å². The number of hydrogen-bond acceptors (Lipinski definition) is 6. The number of tetrazole rings is 1. The van der Waals surface area contributed by atoms with Crippen LogP contribution in [-0.4, -0.2) is 15.0 Å². The van der Waals surface area contributed by atoms with Gasteiger partial charge in [0.25, 0.3) is 0 Å². The van der Waals surface area contributed by atoms with Crippen molar-refractivity contribution in [2.75, 3.05) is 0 Å². The number of nitrogens with zero attached hydrogens (tertiary/aromatic N) is 4. The average Bonchev–Trinajstić information content (AvgIpc) is 3.23. The van der Waals surface area contributed by atoms with Crippen molar-refractivity contribution in [3.05, 3.63) is 71.0 Å². The van der Waals surface area contributed by atoms with E-state index in [2.05, 4.69) is 20.6 Å². The predicted octanol–water partition coefficient (Wildman–Crippen LogP) is 2.10. The van der Waals surface area contributed by atoms with Crippen molar-refractivity contribution in [3.8, 4) is 5.69 Å². The first kappa shape index (κ1) is 15.4. The number of para-hydroxylation sites is 1. The van der Waals surface area contributed by atoms with Gasteiger partial charge in [-0.25, -0.2) is 0 Å². The molecule has 3 aromatic rings. The summed E-state index contributed by atoms with van der Waals surface area (Å²) in [6.07, 6.45) is 0. The molecule has 2 N–H and O–H groups in total. The van der Waals surface area contributed by atoms with Crippen LogP contribution in [0.15, 0.2) is 54.6 Å². The molecule has 1 aliphatic heterocycles. The fraction of sp³-hybridized carbons (Fsp3) is 0. The molecule has 0 bridgehead atoms. The highest BCUT2D eigenvalue weighted by atomic mass is 35.5. The topological polar surface area (TPSA) is 58.6 Å². The average molecular weight is 375 g/mol. The molecular weight excluding hydrogens is 364 g/mol. The summed E-state index contributed by atoms with van der Waals surface area (Å²) in [5.74, 6) is 0.656. The van der Waals surface area contributed by atoms with Crippen molar-refractivity contribution in [1.82, 2.24) is 25.3 Å². The van der Waals surface area contributed by atoms with Crippen molar-refractivity contribution >= 4 is 47.0 Å². The molecule has 9 heteroatoms. The second-order valence-corrected chi connectivity index (χ2v) is 6.53. The lowest BCUT2D eigenvalue weighted by atomic mass is 10.1. The Morgan fingerprint density at radius 2 is 1.83 bits per heavy atom. The van der Waals surface area contributed by atoms with Crippen LogP contribution in [-0.2, 0) is 12.8 Å². The predicted molar refractivity (Wildman–Crippen MR) is 96.4 cm³/mol. The van der Waals surface area contributed by atoms with Gasteiger partial charge in [-0.3, -0.25) is 0 Å². The summed E-state index contributed by atoms with van der Waals surface area (Å²) in [5, 5.41) is 8.94. The van der Waals surface area contributed by atoms with Crippen LogP contribution in [0.25, 0.3) is 16.3 Å². The van der Waals surface area contributed by atoms with Gasteiger partial charge in [0, 0.05) is 10.6 Å². The van der Waals surface area contributed by atoms with E-state index in [4.69, 9.17) is 24.4 Å². The fourth-order valence-electron chi connectivity index (χ4n) is 2.39. The van der Waals surface area contributed by atoms with E-state index in [0.29, 0.717) is 10.8 Å². The van der Waals surface area contributed by atoms with Crippen LogP contribution in [0.5, 0.6) is 0 Å². The second-order valence-electron chi connectivity index (χ2n) is 4.95. The lowest BCUT2D eigenvalue weighted by Crippen LogP contribution is -2.40. The molecule has 0 unspecified atom stereocenters. The summed E-state index contributed by atoms with van der Waals surface area (Å²) in [6.45, 7) is 0. The van der Waals surface area contributed by atoms with E-state index in [9.17, 15) is 0 Å². The molecule has 2 aromatic carbocycles. The van der Waals surface area contributed by atoms with E-state index in [1.807, 2.05) is 54.6 Å². The Balaban J connectivity index is 1.86. The Hall–Kier alpha value is -2.13. The van der Waals surface area contributed by atoms with Crippen LogP contribution in [0.3, 0.4) is 0 Å². The molecule has 0 atom stereocenters. The number of aromatic nitrogens is 4. The molecule has 0 amide bonds. The highest BCUT2D eigenvalue weighted by molar-refractivity contribution is 8.07. The largest absolute Gasteiger partial charge is 0.500 e. The minimum Gasteiger partial charge on any atom is -0.500 e. The molecule has 0 radical (unpaired) electrons. The molecule has 4 rings (SSSR count). The maximum Gasteiger partial charge on any atom is 0.329 e. The first-order valence-electron chi connectivity index (χ1n) is 7.03. The van der Waals surface area contributed by atoms with Crippen molar-refractivity contribution in [3.63, 3.8) is 0 Å². The SMILES string of the molecule is [S-][n+]1nnc(C2=C(c3ccc(Cl)cc3)NNS2)n1-c1ccccc1. The van der Waals surface area contributed by atoms with E-state index in [1.54, 1.807) is 4.68 Å². The molecule has 0 saturated carbocycles. The smallest absolute Gasteiger partial charge is 0.329 e. The molecule has 1 aromatic heterocycles. The Kier molecular flexibility index (Phi) is 4.11. The molecule has 0 fully saturated rings. The number of rotatable bonds is 3. The van der Waals surface area contributed by atoms with E-state index in [-0.39, 0.29) is 0 Å². The molecule has 0 saturated heterocycles. The minimum atomic E-state index is 0.656. The number of hydrogen-bond donors (Lipinski definition) is 2. The number of halogens is 1. The Bertz CT molecular complexity index is 907. The second kappa shape index (κ2) is 6.40. The highest BCUT2D eigenvalue weighted by Crippen LogP contribution is 2.35. The van der Waals surface area contributed by atoms with Gasteiger partial charge in [-0.15, -0.1) is 4.68 Å². The molecule has 0 aliphatic carbocycles.